The Morgan fingerprint density at radius 2 is 1.79 bits per heavy atom. The molecule has 1 aliphatic rings. The Bertz CT molecular complexity index is 443. The van der Waals surface area contributed by atoms with E-state index < -0.39 is 0 Å². The highest BCUT2D eigenvalue weighted by Gasteiger charge is 2.36. The molecular weight excluding hydrogens is 234 g/mol. The van der Waals surface area contributed by atoms with Crippen molar-refractivity contribution in [1.82, 2.24) is 5.32 Å². The number of nitrogens with one attached hydrogen (secondary N) is 1. The molecule has 1 N–H and O–H groups in total. The standard InChI is InChI=1S/C17H27NO/c1-11(2)17(6)10-18-9-15(19-17)16-13(4)7-12(3)8-14(16)5/h7-8,11,15,18H,9-10H2,1-6H3. The lowest BCUT2D eigenvalue weighted by molar-refractivity contribution is -0.132. The van der Waals surface area contributed by atoms with Gasteiger partial charge in [0, 0.05) is 13.1 Å². The molecule has 1 aromatic carbocycles. The van der Waals surface area contributed by atoms with Crippen LogP contribution in [0, 0.1) is 26.7 Å². The van der Waals surface area contributed by atoms with Gasteiger partial charge in [-0.2, -0.15) is 0 Å². The summed E-state index contributed by atoms with van der Waals surface area (Å²) in [6.07, 6.45) is 0.168. The molecule has 0 spiro atoms. The number of rotatable bonds is 2. The van der Waals surface area contributed by atoms with Gasteiger partial charge in [-0.05, 0) is 50.3 Å². The predicted molar refractivity (Wildman–Crippen MR) is 80.6 cm³/mol. The van der Waals surface area contributed by atoms with Gasteiger partial charge in [-0.1, -0.05) is 31.5 Å². The Balaban J connectivity index is 2.32. The fraction of sp³-hybridized carbons (Fsp3) is 0.647. The minimum atomic E-state index is -0.0767. The monoisotopic (exact) mass is 261 g/mol. The molecule has 1 fully saturated rings. The van der Waals surface area contributed by atoms with E-state index in [4.69, 9.17) is 4.74 Å². The first-order valence-electron chi connectivity index (χ1n) is 7.30. The molecule has 1 saturated heterocycles. The van der Waals surface area contributed by atoms with Crippen LogP contribution in [0.15, 0.2) is 12.1 Å². The highest BCUT2D eigenvalue weighted by atomic mass is 16.5. The quantitative estimate of drug-likeness (QED) is 0.876. The highest BCUT2D eigenvalue weighted by Crippen LogP contribution is 2.35. The van der Waals surface area contributed by atoms with Gasteiger partial charge < -0.3 is 10.1 Å². The number of benzene rings is 1. The van der Waals surface area contributed by atoms with Crippen LogP contribution in [0.2, 0.25) is 0 Å². The molecule has 19 heavy (non-hydrogen) atoms. The summed E-state index contributed by atoms with van der Waals surface area (Å²) in [5.41, 5.74) is 5.31. The van der Waals surface area contributed by atoms with E-state index in [2.05, 4.69) is 59.0 Å². The fourth-order valence-electron chi connectivity index (χ4n) is 3.06. The first-order valence-corrected chi connectivity index (χ1v) is 7.30. The van der Waals surface area contributed by atoms with Gasteiger partial charge in [0.05, 0.1) is 11.7 Å². The van der Waals surface area contributed by atoms with Crippen molar-refractivity contribution in [1.29, 1.82) is 0 Å². The van der Waals surface area contributed by atoms with Crippen LogP contribution in [0.4, 0.5) is 0 Å². The third-order valence-electron chi connectivity index (χ3n) is 4.50. The van der Waals surface area contributed by atoms with Crippen LogP contribution in [0.1, 0.15) is 49.1 Å². The van der Waals surface area contributed by atoms with E-state index in [0.29, 0.717) is 5.92 Å². The van der Waals surface area contributed by atoms with Crippen LogP contribution in [0.5, 0.6) is 0 Å². The van der Waals surface area contributed by atoms with Gasteiger partial charge in [0.15, 0.2) is 0 Å². The summed E-state index contributed by atoms with van der Waals surface area (Å²) in [6, 6.07) is 4.51. The Kier molecular flexibility index (Phi) is 4.03. The third kappa shape index (κ3) is 2.85. The molecule has 0 aromatic heterocycles. The zero-order valence-corrected chi connectivity index (χ0v) is 13.1. The smallest absolute Gasteiger partial charge is 0.0962 e. The number of ether oxygens (including phenoxy) is 1. The summed E-state index contributed by atoms with van der Waals surface area (Å²) in [6.45, 7) is 15.1. The fourth-order valence-corrected chi connectivity index (χ4v) is 3.06. The molecule has 106 valence electrons. The van der Waals surface area contributed by atoms with Crippen molar-refractivity contribution in [3.63, 3.8) is 0 Å². The first-order chi connectivity index (χ1) is 8.83. The molecule has 0 saturated carbocycles. The summed E-state index contributed by atoms with van der Waals surface area (Å²) in [5, 5.41) is 3.55. The van der Waals surface area contributed by atoms with Crippen molar-refractivity contribution in [3.8, 4) is 0 Å². The molecule has 2 nitrogen and oxygen atoms in total. The van der Waals surface area contributed by atoms with Gasteiger partial charge in [0.25, 0.3) is 0 Å². The topological polar surface area (TPSA) is 21.3 Å². The van der Waals surface area contributed by atoms with Crippen LogP contribution in [0.25, 0.3) is 0 Å². The van der Waals surface area contributed by atoms with Gasteiger partial charge in [-0.3, -0.25) is 0 Å². The van der Waals surface area contributed by atoms with Gasteiger partial charge in [0.2, 0.25) is 0 Å². The van der Waals surface area contributed by atoms with Crippen molar-refractivity contribution >= 4 is 0 Å². The summed E-state index contributed by atoms with van der Waals surface area (Å²) < 4.78 is 6.46. The van der Waals surface area contributed by atoms with Gasteiger partial charge in [0.1, 0.15) is 0 Å². The number of aryl methyl sites for hydroxylation is 3. The van der Waals surface area contributed by atoms with Crippen LogP contribution in [0.3, 0.4) is 0 Å². The van der Waals surface area contributed by atoms with E-state index in [9.17, 15) is 0 Å². The molecule has 2 unspecified atom stereocenters. The maximum Gasteiger partial charge on any atom is 0.0962 e. The molecular formula is C17H27NO. The van der Waals surface area contributed by atoms with E-state index in [1.807, 2.05) is 0 Å². The lowest BCUT2D eigenvalue weighted by atomic mass is 9.88. The van der Waals surface area contributed by atoms with Crippen LogP contribution >= 0.6 is 0 Å². The van der Waals surface area contributed by atoms with E-state index >= 15 is 0 Å². The second kappa shape index (κ2) is 5.26. The Morgan fingerprint density at radius 1 is 1.21 bits per heavy atom. The molecule has 0 bridgehead atoms. The second-order valence-corrected chi connectivity index (χ2v) is 6.52. The zero-order valence-electron chi connectivity index (χ0n) is 13.1. The molecule has 1 heterocycles. The Hall–Kier alpha value is -0.860. The largest absolute Gasteiger partial charge is 0.364 e. The van der Waals surface area contributed by atoms with Crippen molar-refractivity contribution in [3.05, 3.63) is 34.4 Å². The zero-order chi connectivity index (χ0) is 14.2. The summed E-state index contributed by atoms with van der Waals surface area (Å²) in [7, 11) is 0. The van der Waals surface area contributed by atoms with E-state index in [-0.39, 0.29) is 11.7 Å². The summed E-state index contributed by atoms with van der Waals surface area (Å²) >= 11 is 0. The van der Waals surface area contributed by atoms with Gasteiger partial charge >= 0.3 is 0 Å². The van der Waals surface area contributed by atoms with Crippen molar-refractivity contribution in [2.75, 3.05) is 13.1 Å². The molecule has 1 aromatic rings. The normalized spacial score (nSPS) is 27.8. The molecule has 0 amide bonds. The molecule has 2 rings (SSSR count). The average Bonchev–Trinajstić information content (AvgIpc) is 2.27. The average molecular weight is 261 g/mol. The van der Waals surface area contributed by atoms with Crippen molar-refractivity contribution in [2.24, 2.45) is 5.92 Å². The van der Waals surface area contributed by atoms with Crippen LogP contribution in [-0.2, 0) is 4.74 Å². The highest BCUT2D eigenvalue weighted by molar-refractivity contribution is 5.39. The van der Waals surface area contributed by atoms with Crippen LogP contribution < -0.4 is 5.32 Å². The van der Waals surface area contributed by atoms with Crippen molar-refractivity contribution < 1.29 is 4.74 Å². The minimum absolute atomic E-state index is 0.0767. The molecule has 0 aliphatic carbocycles. The van der Waals surface area contributed by atoms with E-state index in [1.54, 1.807) is 0 Å². The molecule has 2 atom stereocenters. The molecule has 1 aliphatic heterocycles. The van der Waals surface area contributed by atoms with E-state index in [1.165, 1.54) is 22.3 Å². The molecule has 0 radical (unpaired) electrons. The Morgan fingerprint density at radius 3 is 2.32 bits per heavy atom. The molecule has 2 heteroatoms. The third-order valence-corrected chi connectivity index (χ3v) is 4.50. The number of hydrogen-bond donors (Lipinski definition) is 1. The maximum absolute atomic E-state index is 6.46. The van der Waals surface area contributed by atoms with Crippen LogP contribution in [-0.4, -0.2) is 18.7 Å². The Labute approximate surface area is 117 Å². The second-order valence-electron chi connectivity index (χ2n) is 6.52. The SMILES string of the molecule is Cc1cc(C)c(C2CNCC(C)(C(C)C)O2)c(C)c1. The summed E-state index contributed by atoms with van der Waals surface area (Å²) in [5.74, 6) is 0.508. The maximum atomic E-state index is 6.46. The summed E-state index contributed by atoms with van der Waals surface area (Å²) in [4.78, 5) is 0. The minimum Gasteiger partial charge on any atom is -0.364 e. The number of morpholine rings is 1. The first kappa shape index (κ1) is 14.5. The van der Waals surface area contributed by atoms with E-state index in [0.717, 1.165) is 13.1 Å². The van der Waals surface area contributed by atoms with Gasteiger partial charge in [-0.25, -0.2) is 0 Å². The number of hydrogen-bond acceptors (Lipinski definition) is 2. The lowest BCUT2D eigenvalue weighted by Crippen LogP contribution is -2.52. The lowest BCUT2D eigenvalue weighted by Gasteiger charge is -2.43. The van der Waals surface area contributed by atoms with Crippen molar-refractivity contribution in [2.45, 2.75) is 53.2 Å². The predicted octanol–water partition coefficient (Wildman–Crippen LogP) is 3.69. The van der Waals surface area contributed by atoms with Gasteiger partial charge in [-0.15, -0.1) is 0 Å².